The highest BCUT2D eigenvalue weighted by molar-refractivity contribution is 5.77. The second-order valence-electron chi connectivity index (χ2n) is 6.57. The highest BCUT2D eigenvalue weighted by atomic mass is 16.5. The van der Waals surface area contributed by atoms with Crippen LogP contribution in [-0.2, 0) is 17.8 Å². The number of carbonyl (C=O) groups is 1. The molecule has 0 radical (unpaired) electrons. The number of ether oxygens (including phenoxy) is 1. The minimum atomic E-state index is -0.126. The summed E-state index contributed by atoms with van der Waals surface area (Å²) in [6.45, 7) is 5.28. The third-order valence-electron chi connectivity index (χ3n) is 4.42. The Morgan fingerprint density at radius 2 is 1.81 bits per heavy atom. The molecule has 0 saturated heterocycles. The number of aryl methyl sites for hydroxylation is 2. The van der Waals surface area contributed by atoms with Crippen LogP contribution in [0.15, 0.2) is 60.9 Å². The fraction of sp³-hybridized carbons (Fsp3) is 0.273. The lowest BCUT2D eigenvalue weighted by Crippen LogP contribution is -2.31. The molecule has 0 aliphatic carbocycles. The number of nitrogens with one attached hydrogen (secondary N) is 1. The summed E-state index contributed by atoms with van der Waals surface area (Å²) < 4.78 is 7.79. The molecule has 0 saturated carbocycles. The lowest BCUT2D eigenvalue weighted by atomic mass is 10.1. The van der Waals surface area contributed by atoms with Gasteiger partial charge in [0.15, 0.2) is 6.61 Å². The molecule has 0 aliphatic rings. The van der Waals surface area contributed by atoms with E-state index in [1.807, 2.05) is 56.4 Å². The monoisotopic (exact) mass is 363 g/mol. The van der Waals surface area contributed by atoms with Crippen LogP contribution in [0.3, 0.4) is 0 Å². The normalized spacial score (nSPS) is 10.6. The molecule has 0 spiro atoms. The number of imidazole rings is 1. The first-order chi connectivity index (χ1) is 13.1. The summed E-state index contributed by atoms with van der Waals surface area (Å²) in [5.74, 6) is 1.61. The number of amides is 1. The molecule has 0 aliphatic heterocycles. The van der Waals surface area contributed by atoms with Crippen LogP contribution in [0.1, 0.15) is 22.5 Å². The summed E-state index contributed by atoms with van der Waals surface area (Å²) in [5.41, 5.74) is 3.29. The van der Waals surface area contributed by atoms with Crippen molar-refractivity contribution in [3.63, 3.8) is 0 Å². The van der Waals surface area contributed by atoms with Crippen LogP contribution in [-0.4, -0.2) is 28.6 Å². The number of hydrogen-bond acceptors (Lipinski definition) is 3. The van der Waals surface area contributed by atoms with E-state index >= 15 is 0 Å². The Labute approximate surface area is 160 Å². The van der Waals surface area contributed by atoms with E-state index in [1.165, 1.54) is 5.56 Å². The highest BCUT2D eigenvalue weighted by Gasteiger charge is 2.08. The van der Waals surface area contributed by atoms with Gasteiger partial charge in [0.05, 0.1) is 0 Å². The quantitative estimate of drug-likeness (QED) is 0.668. The second-order valence-corrected chi connectivity index (χ2v) is 6.57. The number of para-hydroxylation sites is 1. The fourth-order valence-corrected chi connectivity index (χ4v) is 3.02. The third kappa shape index (κ3) is 5.20. The smallest absolute Gasteiger partial charge is 0.257 e. The minimum absolute atomic E-state index is 0.0180. The molecule has 5 heteroatoms. The van der Waals surface area contributed by atoms with Crippen LogP contribution in [0.25, 0.3) is 0 Å². The maximum Gasteiger partial charge on any atom is 0.257 e. The average Bonchev–Trinajstić information content (AvgIpc) is 3.09. The van der Waals surface area contributed by atoms with E-state index in [0.717, 1.165) is 29.2 Å². The maximum atomic E-state index is 12.1. The predicted molar refractivity (Wildman–Crippen MR) is 106 cm³/mol. The van der Waals surface area contributed by atoms with E-state index in [-0.39, 0.29) is 12.5 Å². The van der Waals surface area contributed by atoms with Crippen molar-refractivity contribution in [1.82, 2.24) is 14.9 Å². The zero-order chi connectivity index (χ0) is 19.1. The van der Waals surface area contributed by atoms with E-state index in [1.54, 1.807) is 6.20 Å². The molecule has 3 aromatic rings. The first-order valence-corrected chi connectivity index (χ1v) is 9.13. The Bertz CT molecular complexity index is 867. The number of benzene rings is 2. The number of carbonyl (C=O) groups excluding carboxylic acids is 1. The van der Waals surface area contributed by atoms with Gasteiger partial charge in [-0.05, 0) is 30.5 Å². The van der Waals surface area contributed by atoms with Gasteiger partial charge in [-0.1, -0.05) is 48.5 Å². The molecule has 5 nitrogen and oxygen atoms in total. The summed E-state index contributed by atoms with van der Waals surface area (Å²) in [6.07, 6.45) is 4.44. The van der Waals surface area contributed by atoms with Gasteiger partial charge in [-0.15, -0.1) is 0 Å². The first kappa shape index (κ1) is 18.7. The van der Waals surface area contributed by atoms with Crippen molar-refractivity contribution in [2.24, 2.45) is 0 Å². The van der Waals surface area contributed by atoms with Crippen LogP contribution in [0.4, 0.5) is 0 Å². The maximum absolute atomic E-state index is 12.1. The van der Waals surface area contributed by atoms with Crippen molar-refractivity contribution < 1.29 is 9.53 Å². The molecule has 1 heterocycles. The van der Waals surface area contributed by atoms with Gasteiger partial charge in [-0.3, -0.25) is 4.79 Å². The zero-order valence-corrected chi connectivity index (χ0v) is 15.8. The molecule has 3 rings (SSSR count). The molecule has 1 N–H and O–H groups in total. The Kier molecular flexibility index (Phi) is 6.26. The van der Waals surface area contributed by atoms with Gasteiger partial charge < -0.3 is 14.6 Å². The highest BCUT2D eigenvalue weighted by Crippen LogP contribution is 2.21. The largest absolute Gasteiger partial charge is 0.483 e. The topological polar surface area (TPSA) is 56.1 Å². The summed E-state index contributed by atoms with van der Waals surface area (Å²) in [4.78, 5) is 16.5. The standard InChI is InChI=1S/C22H25N3O2/c1-17-7-6-8-18(2)22(17)27-16-21(26)24-12-11-20-23-13-14-25(20)15-19-9-4-3-5-10-19/h3-10,13-14H,11-12,15-16H2,1-2H3,(H,24,26). The lowest BCUT2D eigenvalue weighted by molar-refractivity contribution is -0.123. The number of hydrogen-bond donors (Lipinski definition) is 1. The van der Waals surface area contributed by atoms with Crippen molar-refractivity contribution in [3.8, 4) is 5.75 Å². The predicted octanol–water partition coefficient (Wildman–Crippen LogP) is 3.29. The number of rotatable bonds is 8. The van der Waals surface area contributed by atoms with Gasteiger partial charge in [0.2, 0.25) is 0 Å². The van der Waals surface area contributed by atoms with Crippen molar-refractivity contribution in [3.05, 3.63) is 83.4 Å². The van der Waals surface area contributed by atoms with Crippen LogP contribution in [0.5, 0.6) is 5.75 Å². The van der Waals surface area contributed by atoms with Crippen LogP contribution in [0, 0.1) is 13.8 Å². The molecule has 0 unspecified atom stereocenters. The van der Waals surface area contributed by atoms with Gasteiger partial charge in [0, 0.05) is 31.9 Å². The van der Waals surface area contributed by atoms with Crippen molar-refractivity contribution >= 4 is 5.91 Å². The summed E-state index contributed by atoms with van der Waals surface area (Å²) in [5, 5.41) is 2.90. The van der Waals surface area contributed by atoms with Gasteiger partial charge in [-0.2, -0.15) is 0 Å². The third-order valence-corrected chi connectivity index (χ3v) is 4.42. The van der Waals surface area contributed by atoms with Gasteiger partial charge in [0.1, 0.15) is 11.6 Å². The van der Waals surface area contributed by atoms with E-state index in [9.17, 15) is 4.79 Å². The molecule has 0 atom stereocenters. The molecular formula is C22H25N3O2. The van der Waals surface area contributed by atoms with Crippen molar-refractivity contribution in [2.75, 3.05) is 13.2 Å². The molecular weight excluding hydrogens is 338 g/mol. The summed E-state index contributed by atoms with van der Waals surface area (Å²) in [6, 6.07) is 16.2. The van der Waals surface area contributed by atoms with E-state index in [4.69, 9.17) is 4.74 Å². The molecule has 2 aromatic carbocycles. The molecule has 0 fully saturated rings. The molecule has 27 heavy (non-hydrogen) atoms. The Morgan fingerprint density at radius 3 is 2.56 bits per heavy atom. The molecule has 1 amide bonds. The fourth-order valence-electron chi connectivity index (χ4n) is 3.02. The SMILES string of the molecule is Cc1cccc(C)c1OCC(=O)NCCc1nccn1Cc1ccccc1. The van der Waals surface area contributed by atoms with Gasteiger partial charge in [-0.25, -0.2) is 4.98 Å². The van der Waals surface area contributed by atoms with Crippen LogP contribution >= 0.6 is 0 Å². The number of nitrogens with zero attached hydrogens (tertiary/aromatic N) is 2. The molecule has 0 bridgehead atoms. The van der Waals surface area contributed by atoms with Gasteiger partial charge in [0.25, 0.3) is 5.91 Å². The van der Waals surface area contributed by atoms with Gasteiger partial charge >= 0.3 is 0 Å². The minimum Gasteiger partial charge on any atom is -0.483 e. The molecule has 140 valence electrons. The summed E-state index contributed by atoms with van der Waals surface area (Å²) >= 11 is 0. The van der Waals surface area contributed by atoms with E-state index < -0.39 is 0 Å². The lowest BCUT2D eigenvalue weighted by Gasteiger charge is -2.12. The molecule has 1 aromatic heterocycles. The number of aromatic nitrogens is 2. The Balaban J connectivity index is 1.46. The van der Waals surface area contributed by atoms with Crippen molar-refractivity contribution in [1.29, 1.82) is 0 Å². The second kappa shape index (κ2) is 9.03. The Hall–Kier alpha value is -3.08. The van der Waals surface area contributed by atoms with Crippen LogP contribution < -0.4 is 10.1 Å². The summed E-state index contributed by atoms with van der Waals surface area (Å²) in [7, 11) is 0. The van der Waals surface area contributed by atoms with E-state index in [0.29, 0.717) is 13.0 Å². The first-order valence-electron chi connectivity index (χ1n) is 9.13. The van der Waals surface area contributed by atoms with Crippen molar-refractivity contribution in [2.45, 2.75) is 26.8 Å². The Morgan fingerprint density at radius 1 is 1.07 bits per heavy atom. The zero-order valence-electron chi connectivity index (χ0n) is 15.8. The average molecular weight is 363 g/mol. The van der Waals surface area contributed by atoms with E-state index in [2.05, 4.69) is 27.0 Å². The van der Waals surface area contributed by atoms with Crippen LogP contribution in [0.2, 0.25) is 0 Å².